The number of benzene rings is 2. The number of hydrogen-bond acceptors (Lipinski definition) is 6. The summed E-state index contributed by atoms with van der Waals surface area (Å²) in [5.74, 6) is -0.903. The zero-order chi connectivity index (χ0) is 20.5. The standard InChI is InChI=1S/C23H20N2O4/c1-4-28-23(27)21-14(3)19-13(2)20-16(10-17(19)24-21)11-18(25-20)22(26)29-12-15-8-6-5-7-9-15/h5-11H,4,12H2,1-3H3. The van der Waals surface area contributed by atoms with Gasteiger partial charge in [-0.1, -0.05) is 30.3 Å². The summed E-state index contributed by atoms with van der Waals surface area (Å²) in [4.78, 5) is 33.5. The third-order valence-electron chi connectivity index (χ3n) is 4.93. The van der Waals surface area contributed by atoms with Crippen molar-refractivity contribution in [1.82, 2.24) is 0 Å². The summed E-state index contributed by atoms with van der Waals surface area (Å²) in [6.07, 6.45) is 1.70. The molecule has 2 aromatic rings. The average molecular weight is 388 g/mol. The van der Waals surface area contributed by atoms with Gasteiger partial charge in [-0.05, 0) is 49.6 Å². The third kappa shape index (κ3) is 3.38. The van der Waals surface area contributed by atoms with Gasteiger partial charge in [0, 0.05) is 10.4 Å². The van der Waals surface area contributed by atoms with Crippen molar-refractivity contribution in [3.63, 3.8) is 0 Å². The molecule has 0 N–H and O–H groups in total. The van der Waals surface area contributed by atoms with Crippen LogP contribution in [0.5, 0.6) is 0 Å². The zero-order valence-electron chi connectivity index (χ0n) is 16.5. The second-order valence-electron chi connectivity index (χ2n) is 6.84. The fourth-order valence-corrected chi connectivity index (χ4v) is 3.56. The Morgan fingerprint density at radius 2 is 1.76 bits per heavy atom. The number of rotatable bonds is 5. The molecule has 29 heavy (non-hydrogen) atoms. The van der Waals surface area contributed by atoms with Crippen LogP contribution in [0.15, 0.2) is 46.4 Å². The predicted octanol–water partition coefficient (Wildman–Crippen LogP) is 2.42. The van der Waals surface area contributed by atoms with Gasteiger partial charge >= 0.3 is 11.9 Å². The molecule has 0 unspecified atom stereocenters. The van der Waals surface area contributed by atoms with Crippen molar-refractivity contribution < 1.29 is 19.1 Å². The Kier molecular flexibility index (Phi) is 4.84. The van der Waals surface area contributed by atoms with Crippen LogP contribution in [0.1, 0.15) is 25.0 Å². The van der Waals surface area contributed by atoms with Crippen molar-refractivity contribution in [3.8, 4) is 0 Å². The quantitative estimate of drug-likeness (QED) is 0.737. The molecule has 0 bridgehead atoms. The highest BCUT2D eigenvalue weighted by molar-refractivity contribution is 6.53. The molecule has 146 valence electrons. The number of nitrogens with zero attached hydrogens (tertiary/aromatic N) is 2. The van der Waals surface area contributed by atoms with Crippen molar-refractivity contribution in [3.05, 3.63) is 58.0 Å². The van der Waals surface area contributed by atoms with Crippen LogP contribution >= 0.6 is 0 Å². The van der Waals surface area contributed by atoms with E-state index in [9.17, 15) is 9.59 Å². The van der Waals surface area contributed by atoms with E-state index in [0.717, 1.165) is 27.1 Å². The Morgan fingerprint density at radius 1 is 1.00 bits per heavy atom. The summed E-state index contributed by atoms with van der Waals surface area (Å²) in [6.45, 7) is 6.01. The lowest BCUT2D eigenvalue weighted by Crippen LogP contribution is -2.20. The molecule has 0 atom stereocenters. The van der Waals surface area contributed by atoms with Crippen LogP contribution < -0.4 is 10.4 Å². The zero-order valence-corrected chi connectivity index (χ0v) is 16.5. The van der Waals surface area contributed by atoms with Gasteiger partial charge < -0.3 is 9.47 Å². The molecule has 0 fully saturated rings. The molecule has 2 aliphatic heterocycles. The average Bonchev–Trinajstić information content (AvgIpc) is 3.29. The molecule has 2 aromatic carbocycles. The second kappa shape index (κ2) is 7.47. The number of fused-ring (bicyclic) bond motifs is 2. The van der Waals surface area contributed by atoms with Gasteiger partial charge in [0.1, 0.15) is 12.3 Å². The molecule has 0 aliphatic carbocycles. The van der Waals surface area contributed by atoms with Crippen LogP contribution in [0.3, 0.4) is 0 Å². The van der Waals surface area contributed by atoms with E-state index in [1.54, 1.807) is 13.0 Å². The number of ether oxygens (including phenoxy) is 2. The maximum absolute atomic E-state index is 12.5. The summed E-state index contributed by atoms with van der Waals surface area (Å²) in [7, 11) is 0. The molecule has 2 heterocycles. The van der Waals surface area contributed by atoms with Crippen LogP contribution in [0, 0.1) is 6.92 Å². The Hall–Kier alpha value is -3.54. The van der Waals surface area contributed by atoms with Crippen LogP contribution in [-0.4, -0.2) is 30.0 Å². The monoisotopic (exact) mass is 388 g/mol. The minimum absolute atomic E-state index is 0.193. The van der Waals surface area contributed by atoms with Crippen molar-refractivity contribution in [1.29, 1.82) is 0 Å². The first-order valence-corrected chi connectivity index (χ1v) is 9.41. The highest BCUT2D eigenvalue weighted by Crippen LogP contribution is 2.24. The molecule has 0 saturated heterocycles. The number of esters is 2. The number of hydrogen-bond donors (Lipinski definition) is 0. The fraction of sp³-hybridized carbons (Fsp3) is 0.217. The lowest BCUT2D eigenvalue weighted by Gasteiger charge is -2.04. The lowest BCUT2D eigenvalue weighted by atomic mass is 10.0. The molecule has 0 spiro atoms. The van der Waals surface area contributed by atoms with Gasteiger partial charge in [-0.15, -0.1) is 0 Å². The topological polar surface area (TPSA) is 77.3 Å². The second-order valence-corrected chi connectivity index (χ2v) is 6.84. The molecule has 0 aromatic heterocycles. The minimum atomic E-state index is -0.471. The minimum Gasteiger partial charge on any atom is -0.461 e. The van der Waals surface area contributed by atoms with Gasteiger partial charge in [-0.3, -0.25) is 0 Å². The largest absolute Gasteiger partial charge is 0.461 e. The molecule has 0 amide bonds. The van der Waals surface area contributed by atoms with Crippen LogP contribution in [0.2, 0.25) is 0 Å². The summed E-state index contributed by atoms with van der Waals surface area (Å²) in [5.41, 5.74) is 4.52. The maximum Gasteiger partial charge on any atom is 0.357 e. The molecule has 6 heteroatoms. The normalized spacial score (nSPS) is 13.8. The van der Waals surface area contributed by atoms with Gasteiger partial charge in [0.2, 0.25) is 0 Å². The first-order chi connectivity index (χ1) is 14.0. The molecular weight excluding hydrogens is 368 g/mol. The Balaban J connectivity index is 1.62. The Morgan fingerprint density at radius 3 is 2.48 bits per heavy atom. The van der Waals surface area contributed by atoms with Crippen LogP contribution in [-0.2, 0) is 25.7 Å². The van der Waals surface area contributed by atoms with E-state index in [-0.39, 0.29) is 12.3 Å². The van der Waals surface area contributed by atoms with E-state index in [4.69, 9.17) is 9.47 Å². The van der Waals surface area contributed by atoms with Crippen LogP contribution in [0.4, 0.5) is 11.4 Å². The maximum atomic E-state index is 12.5. The number of aliphatic imine (C=N–C) groups is 2. The summed E-state index contributed by atoms with van der Waals surface area (Å²) in [6, 6.07) is 11.3. The van der Waals surface area contributed by atoms with Gasteiger partial charge in [0.15, 0.2) is 5.71 Å². The van der Waals surface area contributed by atoms with Gasteiger partial charge in [0.05, 0.1) is 18.0 Å². The molecule has 6 nitrogen and oxygen atoms in total. The first-order valence-electron chi connectivity index (χ1n) is 9.41. The number of carbonyl (C=O) groups excluding carboxylic acids is 2. The van der Waals surface area contributed by atoms with E-state index in [2.05, 4.69) is 9.98 Å². The van der Waals surface area contributed by atoms with E-state index >= 15 is 0 Å². The summed E-state index contributed by atoms with van der Waals surface area (Å²) in [5, 5.41) is 1.65. The van der Waals surface area contributed by atoms with Crippen molar-refractivity contribution in [2.24, 2.45) is 9.98 Å². The van der Waals surface area contributed by atoms with Crippen molar-refractivity contribution in [2.45, 2.75) is 27.4 Å². The van der Waals surface area contributed by atoms with E-state index in [0.29, 0.717) is 23.7 Å². The highest BCUT2D eigenvalue weighted by atomic mass is 16.5. The fourth-order valence-electron chi connectivity index (χ4n) is 3.56. The molecular formula is C23H20N2O4. The molecule has 0 radical (unpaired) electrons. The smallest absolute Gasteiger partial charge is 0.357 e. The van der Waals surface area contributed by atoms with Gasteiger partial charge in [-0.25, -0.2) is 19.6 Å². The van der Waals surface area contributed by atoms with Crippen molar-refractivity contribution >= 4 is 46.4 Å². The van der Waals surface area contributed by atoms with E-state index in [1.807, 2.05) is 50.2 Å². The SMILES string of the molecule is CCOC(=O)C1=Nc2cc3c(c(C)c2=C1C)N=C(C(=O)OCc1ccccc1)C=3. The summed E-state index contributed by atoms with van der Waals surface area (Å²) < 4.78 is 10.5. The van der Waals surface area contributed by atoms with Gasteiger partial charge in [-0.2, -0.15) is 0 Å². The Bertz CT molecular complexity index is 1210. The summed E-state index contributed by atoms with van der Waals surface area (Å²) >= 11 is 0. The predicted molar refractivity (Wildman–Crippen MR) is 111 cm³/mol. The van der Waals surface area contributed by atoms with Crippen LogP contribution in [0.25, 0.3) is 11.6 Å². The molecule has 4 rings (SSSR count). The van der Waals surface area contributed by atoms with E-state index < -0.39 is 11.9 Å². The third-order valence-corrected chi connectivity index (χ3v) is 4.93. The van der Waals surface area contributed by atoms with Crippen molar-refractivity contribution in [2.75, 3.05) is 6.61 Å². The Labute approximate surface area is 167 Å². The molecule has 2 aliphatic rings. The highest BCUT2D eigenvalue weighted by Gasteiger charge is 2.26. The number of carbonyl (C=O) groups is 2. The van der Waals surface area contributed by atoms with E-state index in [1.165, 1.54) is 0 Å². The molecule has 0 saturated carbocycles. The lowest BCUT2D eigenvalue weighted by molar-refractivity contribution is -0.136. The first kappa shape index (κ1) is 18.8. The van der Waals surface area contributed by atoms with Gasteiger partial charge in [0.25, 0.3) is 0 Å².